The van der Waals surface area contributed by atoms with Gasteiger partial charge in [-0.3, -0.25) is 0 Å². The normalized spacial score (nSPS) is 13.2. The summed E-state index contributed by atoms with van der Waals surface area (Å²) in [6.45, 7) is 1.06. The van der Waals surface area contributed by atoms with E-state index in [0.717, 1.165) is 22.6 Å². The summed E-state index contributed by atoms with van der Waals surface area (Å²) in [5, 5.41) is 9.72. The Balaban J connectivity index is 1.67. The second-order valence-corrected chi connectivity index (χ2v) is 8.42. The lowest BCUT2D eigenvalue weighted by Gasteiger charge is -2.23. The Bertz CT molecular complexity index is 1550. The van der Waals surface area contributed by atoms with Gasteiger partial charge >= 0.3 is 0 Å². The monoisotopic (exact) mass is 412 g/mol. The molecule has 0 saturated heterocycles. The van der Waals surface area contributed by atoms with Crippen LogP contribution < -0.4 is 9.47 Å². The molecule has 0 radical (unpaired) electrons. The fourth-order valence-corrected chi connectivity index (χ4v) is 5.05. The Morgan fingerprint density at radius 3 is 1.25 bits per heavy atom. The fraction of sp³-hybridized carbons (Fsp3) is 0.0667. The average Bonchev–Trinajstić information content (AvgIpc) is 2.82. The van der Waals surface area contributed by atoms with E-state index in [9.17, 15) is 0 Å². The number of fused-ring (bicyclic) bond motifs is 9. The van der Waals surface area contributed by atoms with Gasteiger partial charge in [-0.05, 0) is 79.5 Å². The molecule has 0 aromatic heterocycles. The van der Waals surface area contributed by atoms with Crippen molar-refractivity contribution in [2.75, 3.05) is 13.2 Å². The van der Waals surface area contributed by atoms with Gasteiger partial charge in [-0.25, -0.2) is 0 Å². The van der Waals surface area contributed by atoms with Crippen LogP contribution in [0, 0.1) is 0 Å². The first-order chi connectivity index (χ1) is 15.8. The second kappa shape index (κ2) is 6.73. The minimum absolute atomic E-state index is 0.529. The minimum Gasteiger partial charge on any atom is -0.489 e. The molecule has 2 heteroatoms. The zero-order valence-electron chi connectivity index (χ0n) is 17.5. The summed E-state index contributed by atoms with van der Waals surface area (Å²) in [5.74, 6) is 1.83. The molecule has 7 rings (SSSR count). The predicted molar refractivity (Wildman–Crippen MR) is 133 cm³/mol. The van der Waals surface area contributed by atoms with E-state index in [4.69, 9.17) is 9.47 Å². The summed E-state index contributed by atoms with van der Waals surface area (Å²) >= 11 is 0. The van der Waals surface area contributed by atoms with Crippen molar-refractivity contribution in [2.24, 2.45) is 0 Å². The second-order valence-electron chi connectivity index (χ2n) is 8.42. The number of rotatable bonds is 0. The molecule has 2 nitrogen and oxygen atoms in total. The summed E-state index contributed by atoms with van der Waals surface area (Å²) in [5.41, 5.74) is 2.23. The molecule has 0 N–H and O–H groups in total. The quantitative estimate of drug-likeness (QED) is 0.238. The van der Waals surface area contributed by atoms with Gasteiger partial charge in [0.1, 0.15) is 24.7 Å². The first-order valence-corrected chi connectivity index (χ1v) is 11.0. The first-order valence-electron chi connectivity index (χ1n) is 11.0. The van der Waals surface area contributed by atoms with Gasteiger partial charge in [0.05, 0.1) is 0 Å². The van der Waals surface area contributed by atoms with Crippen LogP contribution in [-0.2, 0) is 0 Å². The molecule has 0 saturated carbocycles. The van der Waals surface area contributed by atoms with Gasteiger partial charge in [0.25, 0.3) is 0 Å². The Morgan fingerprint density at radius 1 is 0.406 bits per heavy atom. The molecule has 1 aliphatic rings. The Morgan fingerprint density at radius 2 is 0.812 bits per heavy atom. The van der Waals surface area contributed by atoms with Crippen molar-refractivity contribution in [3.8, 4) is 22.6 Å². The zero-order chi connectivity index (χ0) is 21.1. The maximum atomic E-state index is 6.22. The molecule has 0 unspecified atom stereocenters. The van der Waals surface area contributed by atoms with Crippen molar-refractivity contribution in [1.82, 2.24) is 0 Å². The van der Waals surface area contributed by atoms with Crippen LogP contribution in [0.3, 0.4) is 0 Å². The van der Waals surface area contributed by atoms with E-state index in [0.29, 0.717) is 13.2 Å². The van der Waals surface area contributed by atoms with Crippen molar-refractivity contribution < 1.29 is 9.47 Å². The van der Waals surface area contributed by atoms with E-state index in [1.54, 1.807) is 0 Å². The maximum Gasteiger partial charge on any atom is 0.128 e. The molecular formula is C30H20O2. The molecular weight excluding hydrogens is 392 g/mol. The SMILES string of the molecule is c1ccc2cc3c4c(ccc3cc2c1)OCCOc1ccc2cc3ccccc3cc2c1-4. The molecule has 152 valence electrons. The van der Waals surface area contributed by atoms with Crippen LogP contribution in [-0.4, -0.2) is 13.2 Å². The van der Waals surface area contributed by atoms with Crippen LogP contribution in [0.2, 0.25) is 0 Å². The van der Waals surface area contributed by atoms with Gasteiger partial charge in [-0.1, -0.05) is 60.7 Å². The predicted octanol–water partition coefficient (Wildman–Crippen LogP) is 7.74. The van der Waals surface area contributed by atoms with Crippen molar-refractivity contribution >= 4 is 43.1 Å². The molecule has 0 aliphatic carbocycles. The highest BCUT2D eigenvalue weighted by Crippen LogP contribution is 2.47. The number of hydrogen-bond donors (Lipinski definition) is 0. The lowest BCUT2D eigenvalue weighted by Crippen LogP contribution is -2.12. The van der Waals surface area contributed by atoms with E-state index in [2.05, 4.69) is 97.1 Å². The first kappa shape index (κ1) is 17.6. The number of ether oxygens (including phenoxy) is 2. The van der Waals surface area contributed by atoms with Crippen LogP contribution in [0.15, 0.2) is 97.1 Å². The summed E-state index contributed by atoms with van der Waals surface area (Å²) in [4.78, 5) is 0. The average molecular weight is 412 g/mol. The highest BCUT2D eigenvalue weighted by Gasteiger charge is 2.21. The Kier molecular flexibility index (Phi) is 3.71. The van der Waals surface area contributed by atoms with E-state index in [1.807, 2.05) is 0 Å². The topological polar surface area (TPSA) is 18.5 Å². The van der Waals surface area contributed by atoms with Crippen LogP contribution in [0.1, 0.15) is 0 Å². The fourth-order valence-electron chi connectivity index (χ4n) is 5.05. The van der Waals surface area contributed by atoms with Crippen LogP contribution in [0.25, 0.3) is 54.2 Å². The minimum atomic E-state index is 0.529. The molecule has 0 atom stereocenters. The van der Waals surface area contributed by atoms with E-state index in [1.165, 1.54) is 43.1 Å². The van der Waals surface area contributed by atoms with E-state index in [-0.39, 0.29) is 0 Å². The molecule has 6 aromatic rings. The molecule has 1 heterocycles. The smallest absolute Gasteiger partial charge is 0.128 e. The van der Waals surface area contributed by atoms with Crippen molar-refractivity contribution in [3.05, 3.63) is 97.1 Å². The zero-order valence-corrected chi connectivity index (χ0v) is 17.5. The largest absolute Gasteiger partial charge is 0.489 e. The van der Waals surface area contributed by atoms with Crippen LogP contribution >= 0.6 is 0 Å². The highest BCUT2D eigenvalue weighted by molar-refractivity contribution is 6.14. The van der Waals surface area contributed by atoms with Crippen molar-refractivity contribution in [3.63, 3.8) is 0 Å². The third kappa shape index (κ3) is 2.59. The number of hydrogen-bond acceptors (Lipinski definition) is 2. The van der Waals surface area contributed by atoms with E-state index >= 15 is 0 Å². The van der Waals surface area contributed by atoms with Crippen LogP contribution in [0.4, 0.5) is 0 Å². The molecule has 0 spiro atoms. The summed E-state index contributed by atoms with van der Waals surface area (Å²) in [6.07, 6.45) is 0. The van der Waals surface area contributed by atoms with Gasteiger partial charge in [-0.15, -0.1) is 0 Å². The lowest BCUT2D eigenvalue weighted by molar-refractivity contribution is 0.215. The van der Waals surface area contributed by atoms with E-state index < -0.39 is 0 Å². The molecule has 0 amide bonds. The molecule has 6 aromatic carbocycles. The van der Waals surface area contributed by atoms with Gasteiger partial charge in [0, 0.05) is 11.1 Å². The Labute approximate surface area is 185 Å². The van der Waals surface area contributed by atoms with Crippen molar-refractivity contribution in [2.45, 2.75) is 0 Å². The molecule has 32 heavy (non-hydrogen) atoms. The number of benzene rings is 6. The van der Waals surface area contributed by atoms with Gasteiger partial charge < -0.3 is 9.47 Å². The maximum absolute atomic E-state index is 6.22. The van der Waals surface area contributed by atoms with Gasteiger partial charge in [0.15, 0.2) is 0 Å². The Hall–Kier alpha value is -4.04. The molecule has 1 aliphatic heterocycles. The van der Waals surface area contributed by atoms with Crippen molar-refractivity contribution in [1.29, 1.82) is 0 Å². The van der Waals surface area contributed by atoms with Crippen LogP contribution in [0.5, 0.6) is 11.5 Å². The third-order valence-electron chi connectivity index (χ3n) is 6.54. The standard InChI is InChI=1S/C30H20O2/c1-3-7-21-17-25-23(15-19(21)5-1)9-11-27-29(25)30-26-18-22-8-4-2-6-20(22)16-24(26)10-12-28(30)32-14-13-31-27/h1-12,15-18H,13-14H2. The molecule has 0 bridgehead atoms. The summed E-state index contributed by atoms with van der Waals surface area (Å²) in [7, 11) is 0. The van der Waals surface area contributed by atoms with Gasteiger partial charge in [0.2, 0.25) is 0 Å². The molecule has 0 fully saturated rings. The summed E-state index contributed by atoms with van der Waals surface area (Å²) in [6, 6.07) is 34.7. The third-order valence-corrected chi connectivity index (χ3v) is 6.54. The highest BCUT2D eigenvalue weighted by atomic mass is 16.5. The summed E-state index contributed by atoms with van der Waals surface area (Å²) < 4.78 is 12.4. The lowest BCUT2D eigenvalue weighted by atomic mass is 9.90. The van der Waals surface area contributed by atoms with Gasteiger partial charge in [-0.2, -0.15) is 0 Å².